The Hall–Kier alpha value is -1.94. The third kappa shape index (κ3) is 2.27. The number of benzene rings is 1. The predicted octanol–water partition coefficient (Wildman–Crippen LogP) is 3.27. The first-order chi connectivity index (χ1) is 9.51. The highest BCUT2D eigenvalue weighted by molar-refractivity contribution is 5.52. The summed E-state index contributed by atoms with van der Waals surface area (Å²) in [4.78, 5) is 0. The summed E-state index contributed by atoms with van der Waals surface area (Å²) in [6, 6.07) is 5.30. The third-order valence-electron chi connectivity index (χ3n) is 3.71. The van der Waals surface area contributed by atoms with E-state index < -0.39 is 0 Å². The van der Waals surface area contributed by atoms with Gasteiger partial charge in [0.1, 0.15) is 23.0 Å². The van der Waals surface area contributed by atoms with Crippen molar-refractivity contribution in [3.05, 3.63) is 46.4 Å². The van der Waals surface area contributed by atoms with E-state index in [0.717, 1.165) is 39.7 Å². The van der Waals surface area contributed by atoms with Gasteiger partial charge in [0.05, 0.1) is 25.8 Å². The second-order valence-corrected chi connectivity index (χ2v) is 4.81. The quantitative estimate of drug-likeness (QED) is 0.930. The molecule has 1 aromatic carbocycles. The Labute approximate surface area is 119 Å². The molecule has 20 heavy (non-hydrogen) atoms. The predicted molar refractivity (Wildman–Crippen MR) is 78.5 cm³/mol. The van der Waals surface area contributed by atoms with E-state index in [1.54, 1.807) is 14.2 Å². The van der Waals surface area contributed by atoms with Crippen molar-refractivity contribution >= 4 is 0 Å². The van der Waals surface area contributed by atoms with Crippen LogP contribution >= 0.6 is 0 Å². The van der Waals surface area contributed by atoms with Crippen molar-refractivity contribution in [2.24, 2.45) is 5.73 Å². The third-order valence-corrected chi connectivity index (χ3v) is 3.71. The van der Waals surface area contributed by atoms with Crippen LogP contribution in [0.4, 0.5) is 0 Å². The minimum atomic E-state index is -0.349. The molecule has 1 atom stereocenters. The lowest BCUT2D eigenvalue weighted by Gasteiger charge is -2.19. The van der Waals surface area contributed by atoms with Gasteiger partial charge in [-0.25, -0.2) is 0 Å². The SMILES string of the molecule is COc1cccc(OC)c1C(N)c1c(C)oc(C)c1C. The molecular weight excluding hydrogens is 254 g/mol. The average Bonchev–Trinajstić information content (AvgIpc) is 2.70. The number of ether oxygens (including phenoxy) is 2. The number of hydrogen-bond donors (Lipinski definition) is 1. The second-order valence-electron chi connectivity index (χ2n) is 4.81. The summed E-state index contributed by atoms with van der Waals surface area (Å²) >= 11 is 0. The Morgan fingerprint density at radius 3 is 1.90 bits per heavy atom. The molecule has 1 heterocycles. The molecule has 0 saturated heterocycles. The summed E-state index contributed by atoms with van der Waals surface area (Å²) in [6.45, 7) is 5.89. The summed E-state index contributed by atoms with van der Waals surface area (Å²) in [7, 11) is 3.26. The molecule has 0 aliphatic carbocycles. The van der Waals surface area contributed by atoms with Gasteiger partial charge in [-0.3, -0.25) is 0 Å². The van der Waals surface area contributed by atoms with Crippen molar-refractivity contribution in [2.75, 3.05) is 14.2 Å². The molecule has 0 radical (unpaired) electrons. The standard InChI is InChI=1S/C16H21NO3/c1-9-10(2)20-11(3)14(9)16(17)15-12(18-4)7-6-8-13(15)19-5/h6-8,16H,17H2,1-5H3. The molecule has 0 spiro atoms. The highest BCUT2D eigenvalue weighted by atomic mass is 16.5. The zero-order valence-electron chi connectivity index (χ0n) is 12.6. The summed E-state index contributed by atoms with van der Waals surface area (Å²) in [5.41, 5.74) is 9.36. The molecule has 0 amide bonds. The fourth-order valence-corrected chi connectivity index (χ4v) is 2.60. The molecule has 0 aliphatic rings. The number of furan rings is 1. The molecule has 0 fully saturated rings. The van der Waals surface area contributed by atoms with E-state index in [1.165, 1.54) is 0 Å². The molecule has 2 rings (SSSR count). The number of rotatable bonds is 4. The van der Waals surface area contributed by atoms with Crippen molar-refractivity contribution in [2.45, 2.75) is 26.8 Å². The lowest BCUT2D eigenvalue weighted by molar-refractivity contribution is 0.382. The summed E-state index contributed by atoms with van der Waals surface area (Å²) in [5.74, 6) is 3.16. The first-order valence-corrected chi connectivity index (χ1v) is 6.54. The van der Waals surface area contributed by atoms with Crippen LogP contribution in [0.25, 0.3) is 0 Å². The van der Waals surface area contributed by atoms with Crippen LogP contribution in [0.5, 0.6) is 11.5 Å². The van der Waals surface area contributed by atoms with E-state index in [1.807, 2.05) is 39.0 Å². The largest absolute Gasteiger partial charge is 0.496 e. The fraction of sp³-hybridized carbons (Fsp3) is 0.375. The van der Waals surface area contributed by atoms with Crippen LogP contribution in [-0.4, -0.2) is 14.2 Å². The van der Waals surface area contributed by atoms with Crippen LogP contribution in [0, 0.1) is 20.8 Å². The van der Waals surface area contributed by atoms with Crippen LogP contribution in [0.1, 0.15) is 34.3 Å². The lowest BCUT2D eigenvalue weighted by atomic mass is 9.94. The van der Waals surface area contributed by atoms with Gasteiger partial charge in [-0.05, 0) is 38.5 Å². The van der Waals surface area contributed by atoms with Gasteiger partial charge in [0.2, 0.25) is 0 Å². The van der Waals surface area contributed by atoms with E-state index in [2.05, 4.69) is 0 Å². The molecule has 2 aromatic rings. The van der Waals surface area contributed by atoms with Crippen LogP contribution in [0.15, 0.2) is 22.6 Å². The van der Waals surface area contributed by atoms with Crippen LogP contribution in [0.2, 0.25) is 0 Å². The Kier molecular flexibility index (Phi) is 4.04. The molecule has 4 nitrogen and oxygen atoms in total. The fourth-order valence-electron chi connectivity index (χ4n) is 2.60. The maximum absolute atomic E-state index is 6.46. The highest BCUT2D eigenvalue weighted by Crippen LogP contribution is 2.39. The Balaban J connectivity index is 2.61. The Morgan fingerprint density at radius 1 is 0.950 bits per heavy atom. The second kappa shape index (κ2) is 5.59. The molecule has 0 saturated carbocycles. The van der Waals surface area contributed by atoms with Crippen LogP contribution in [-0.2, 0) is 0 Å². The summed E-state index contributed by atoms with van der Waals surface area (Å²) in [6.07, 6.45) is 0. The summed E-state index contributed by atoms with van der Waals surface area (Å²) in [5, 5.41) is 0. The van der Waals surface area contributed by atoms with E-state index in [4.69, 9.17) is 19.6 Å². The first kappa shape index (κ1) is 14.5. The van der Waals surface area contributed by atoms with Crippen molar-refractivity contribution in [1.29, 1.82) is 0 Å². The van der Waals surface area contributed by atoms with Gasteiger partial charge in [-0.15, -0.1) is 0 Å². The number of hydrogen-bond acceptors (Lipinski definition) is 4. The summed E-state index contributed by atoms with van der Waals surface area (Å²) < 4.78 is 16.5. The van der Waals surface area contributed by atoms with Gasteiger partial charge in [0.25, 0.3) is 0 Å². The topological polar surface area (TPSA) is 57.6 Å². The van der Waals surface area contributed by atoms with Gasteiger partial charge in [-0.2, -0.15) is 0 Å². The molecular formula is C16H21NO3. The van der Waals surface area contributed by atoms with Gasteiger partial charge in [0.15, 0.2) is 0 Å². The minimum Gasteiger partial charge on any atom is -0.496 e. The first-order valence-electron chi connectivity index (χ1n) is 6.54. The average molecular weight is 275 g/mol. The number of nitrogens with two attached hydrogens (primary N) is 1. The molecule has 1 aromatic heterocycles. The van der Waals surface area contributed by atoms with E-state index >= 15 is 0 Å². The van der Waals surface area contributed by atoms with E-state index in [9.17, 15) is 0 Å². The molecule has 108 valence electrons. The number of methoxy groups -OCH3 is 2. The van der Waals surface area contributed by atoms with Crippen molar-refractivity contribution in [3.63, 3.8) is 0 Å². The maximum atomic E-state index is 6.46. The Morgan fingerprint density at radius 2 is 1.50 bits per heavy atom. The van der Waals surface area contributed by atoms with E-state index in [-0.39, 0.29) is 6.04 Å². The van der Waals surface area contributed by atoms with Crippen molar-refractivity contribution in [1.82, 2.24) is 0 Å². The molecule has 0 bridgehead atoms. The molecule has 2 N–H and O–H groups in total. The molecule has 1 unspecified atom stereocenters. The Bertz CT molecular complexity index is 594. The zero-order chi connectivity index (χ0) is 14.9. The monoisotopic (exact) mass is 275 g/mol. The van der Waals surface area contributed by atoms with Gasteiger partial charge in [0, 0.05) is 5.56 Å². The number of aryl methyl sites for hydroxylation is 2. The maximum Gasteiger partial charge on any atom is 0.127 e. The normalized spacial score (nSPS) is 12.3. The van der Waals surface area contributed by atoms with Crippen LogP contribution in [0.3, 0.4) is 0 Å². The smallest absolute Gasteiger partial charge is 0.127 e. The lowest BCUT2D eigenvalue weighted by Crippen LogP contribution is -2.15. The van der Waals surface area contributed by atoms with E-state index in [0.29, 0.717) is 0 Å². The highest BCUT2D eigenvalue weighted by Gasteiger charge is 2.25. The zero-order valence-corrected chi connectivity index (χ0v) is 12.6. The van der Waals surface area contributed by atoms with Crippen LogP contribution < -0.4 is 15.2 Å². The van der Waals surface area contributed by atoms with Crippen molar-refractivity contribution < 1.29 is 13.9 Å². The van der Waals surface area contributed by atoms with Crippen molar-refractivity contribution in [3.8, 4) is 11.5 Å². The molecule has 4 heteroatoms. The minimum absolute atomic E-state index is 0.349. The van der Waals surface area contributed by atoms with Gasteiger partial charge >= 0.3 is 0 Å². The van der Waals surface area contributed by atoms with Gasteiger partial charge < -0.3 is 19.6 Å². The van der Waals surface area contributed by atoms with Gasteiger partial charge in [-0.1, -0.05) is 6.07 Å². The molecule has 0 aliphatic heterocycles.